The van der Waals surface area contributed by atoms with E-state index in [4.69, 9.17) is 14.2 Å². The molecule has 0 spiro atoms. The first-order valence-corrected chi connectivity index (χ1v) is 33.9. The Morgan fingerprint density at radius 1 is 0.269 bits per heavy atom. The number of hydrogen-bond donors (Lipinski definition) is 0. The van der Waals surface area contributed by atoms with Gasteiger partial charge in [0.1, 0.15) is 13.2 Å². The maximum Gasteiger partial charge on any atom is 0.306 e. The Bertz CT molecular complexity index is 1440. The molecule has 0 aliphatic heterocycles. The molecular formula is C72H128O6. The Hall–Kier alpha value is -3.15. The van der Waals surface area contributed by atoms with Crippen LogP contribution in [0.3, 0.4) is 0 Å². The van der Waals surface area contributed by atoms with E-state index in [1.807, 2.05) is 0 Å². The Morgan fingerprint density at radius 3 is 0.808 bits per heavy atom. The summed E-state index contributed by atoms with van der Waals surface area (Å²) in [5, 5.41) is 0. The summed E-state index contributed by atoms with van der Waals surface area (Å²) in [6.07, 6.45) is 86.5. The van der Waals surface area contributed by atoms with Crippen molar-refractivity contribution in [1.82, 2.24) is 0 Å². The number of allylic oxidation sites excluding steroid dienone is 12. The minimum absolute atomic E-state index is 0.0722. The first-order chi connectivity index (χ1) is 38.5. The molecule has 0 aliphatic carbocycles. The van der Waals surface area contributed by atoms with E-state index in [2.05, 4.69) is 93.7 Å². The van der Waals surface area contributed by atoms with Crippen molar-refractivity contribution < 1.29 is 28.6 Å². The first-order valence-electron chi connectivity index (χ1n) is 33.9. The monoisotopic (exact) mass is 1090 g/mol. The normalized spacial score (nSPS) is 12.5. The fourth-order valence-electron chi connectivity index (χ4n) is 9.88. The minimum Gasteiger partial charge on any atom is -0.462 e. The molecule has 0 N–H and O–H groups in total. The highest BCUT2D eigenvalue weighted by Crippen LogP contribution is 2.18. The molecule has 0 saturated heterocycles. The van der Waals surface area contributed by atoms with Gasteiger partial charge in [-0.3, -0.25) is 14.4 Å². The van der Waals surface area contributed by atoms with Crippen LogP contribution in [0.1, 0.15) is 348 Å². The molecule has 0 aromatic rings. The Balaban J connectivity index is 4.05. The summed E-state index contributed by atoms with van der Waals surface area (Å²) < 4.78 is 16.9. The Labute approximate surface area is 484 Å². The van der Waals surface area contributed by atoms with Crippen molar-refractivity contribution in [2.45, 2.75) is 354 Å². The Kier molecular flexibility index (Phi) is 63.7. The van der Waals surface area contributed by atoms with Crippen molar-refractivity contribution in [3.8, 4) is 0 Å². The maximum absolute atomic E-state index is 12.9. The lowest BCUT2D eigenvalue weighted by Gasteiger charge is -2.18. The van der Waals surface area contributed by atoms with Crippen LogP contribution < -0.4 is 0 Å². The second kappa shape index (κ2) is 66.4. The van der Waals surface area contributed by atoms with Gasteiger partial charge in [0.25, 0.3) is 0 Å². The summed E-state index contributed by atoms with van der Waals surface area (Å²) in [5.74, 6) is -0.862. The third-order valence-corrected chi connectivity index (χ3v) is 14.9. The highest BCUT2D eigenvalue weighted by Gasteiger charge is 2.19. The lowest BCUT2D eigenvalue weighted by Crippen LogP contribution is -2.30. The SMILES string of the molecule is CC/C=C\C/C=C\C/C=C\C/C=C\C/C=C\CCCCCCCCCCCCCCCCCCCCCC(=O)OCC(COC(=O)CCCCCCCCCCCCCC)OC(=O)CCCCCCC/C=C\CCCCCC. The van der Waals surface area contributed by atoms with E-state index in [0.717, 1.165) is 96.3 Å². The second-order valence-electron chi connectivity index (χ2n) is 22.7. The average Bonchev–Trinajstić information content (AvgIpc) is 3.44. The van der Waals surface area contributed by atoms with E-state index in [-0.39, 0.29) is 31.1 Å². The van der Waals surface area contributed by atoms with Crippen molar-refractivity contribution >= 4 is 17.9 Å². The molecule has 0 aromatic carbocycles. The molecule has 1 unspecified atom stereocenters. The number of unbranched alkanes of at least 4 members (excludes halogenated alkanes) is 39. The van der Waals surface area contributed by atoms with Gasteiger partial charge in [0.2, 0.25) is 0 Å². The van der Waals surface area contributed by atoms with Gasteiger partial charge in [-0.1, -0.05) is 312 Å². The van der Waals surface area contributed by atoms with Crippen molar-refractivity contribution in [1.29, 1.82) is 0 Å². The lowest BCUT2D eigenvalue weighted by molar-refractivity contribution is -0.167. The van der Waals surface area contributed by atoms with Crippen LogP contribution in [0.5, 0.6) is 0 Å². The smallest absolute Gasteiger partial charge is 0.306 e. The summed E-state index contributed by atoms with van der Waals surface area (Å²) in [5.41, 5.74) is 0. The van der Waals surface area contributed by atoms with Crippen LogP contribution in [0, 0.1) is 0 Å². The molecule has 0 radical (unpaired) electrons. The van der Waals surface area contributed by atoms with Crippen LogP contribution in [-0.2, 0) is 28.6 Å². The van der Waals surface area contributed by atoms with E-state index in [1.165, 1.54) is 212 Å². The molecule has 0 heterocycles. The molecule has 0 fully saturated rings. The standard InChI is InChI=1S/C72H128O6/c1-4-7-10-13-16-19-22-25-26-27-28-29-30-31-32-33-34-35-36-37-38-39-40-41-42-43-44-45-46-48-50-53-56-59-62-65-71(74)77-68-69(67-76-70(73)64-61-58-55-52-49-24-21-18-15-12-9-6-3)78-72(75)66-63-60-57-54-51-47-23-20-17-14-11-8-5-2/h7,10,16,19-20,23,25-26,28-29,31-32,69H,4-6,8-9,11-15,17-18,21-22,24,27,30,33-68H2,1-3H3/b10-7-,19-16-,23-20-,26-25-,29-28-,32-31-. The summed E-state index contributed by atoms with van der Waals surface area (Å²) in [6.45, 7) is 6.54. The maximum atomic E-state index is 12.9. The number of carbonyl (C=O) groups is 3. The number of carbonyl (C=O) groups excluding carboxylic acids is 3. The number of hydrogen-bond acceptors (Lipinski definition) is 6. The zero-order valence-corrected chi connectivity index (χ0v) is 51.9. The topological polar surface area (TPSA) is 78.9 Å². The van der Waals surface area contributed by atoms with E-state index < -0.39 is 6.10 Å². The van der Waals surface area contributed by atoms with Crippen molar-refractivity contribution in [3.63, 3.8) is 0 Å². The van der Waals surface area contributed by atoms with Gasteiger partial charge in [0.05, 0.1) is 0 Å². The molecule has 0 amide bonds. The van der Waals surface area contributed by atoms with Crippen molar-refractivity contribution in [3.05, 3.63) is 72.9 Å². The molecule has 0 rings (SSSR count). The minimum atomic E-state index is -0.774. The fraction of sp³-hybridized carbons (Fsp3) is 0.792. The molecule has 1 atom stereocenters. The number of ether oxygens (including phenoxy) is 3. The lowest BCUT2D eigenvalue weighted by atomic mass is 10.0. The van der Waals surface area contributed by atoms with Crippen LogP contribution in [0.25, 0.3) is 0 Å². The highest BCUT2D eigenvalue weighted by atomic mass is 16.6. The summed E-state index contributed by atoms with van der Waals surface area (Å²) in [6, 6.07) is 0. The van der Waals surface area contributed by atoms with Crippen LogP contribution in [-0.4, -0.2) is 37.2 Å². The molecular weight excluding hydrogens is 961 g/mol. The molecule has 0 bridgehead atoms. The van der Waals surface area contributed by atoms with Crippen LogP contribution in [0.2, 0.25) is 0 Å². The Morgan fingerprint density at radius 2 is 0.500 bits per heavy atom. The van der Waals surface area contributed by atoms with Gasteiger partial charge in [-0.05, 0) is 89.9 Å². The van der Waals surface area contributed by atoms with Crippen LogP contribution in [0.15, 0.2) is 72.9 Å². The quantitative estimate of drug-likeness (QED) is 0.0261. The first kappa shape index (κ1) is 74.8. The highest BCUT2D eigenvalue weighted by molar-refractivity contribution is 5.71. The van der Waals surface area contributed by atoms with Gasteiger partial charge in [0, 0.05) is 19.3 Å². The van der Waals surface area contributed by atoms with Gasteiger partial charge in [-0.2, -0.15) is 0 Å². The molecule has 0 aromatic heterocycles. The number of esters is 3. The molecule has 78 heavy (non-hydrogen) atoms. The van der Waals surface area contributed by atoms with Gasteiger partial charge in [0.15, 0.2) is 6.10 Å². The average molecular weight is 1090 g/mol. The zero-order chi connectivity index (χ0) is 56.4. The van der Waals surface area contributed by atoms with Gasteiger partial charge in [-0.15, -0.1) is 0 Å². The molecule has 6 heteroatoms. The second-order valence-corrected chi connectivity index (χ2v) is 22.7. The summed E-state index contributed by atoms with van der Waals surface area (Å²) in [4.78, 5) is 38.2. The van der Waals surface area contributed by atoms with E-state index >= 15 is 0 Å². The zero-order valence-electron chi connectivity index (χ0n) is 51.9. The fourth-order valence-corrected chi connectivity index (χ4v) is 9.88. The number of rotatable bonds is 62. The van der Waals surface area contributed by atoms with Crippen molar-refractivity contribution in [2.75, 3.05) is 13.2 Å². The van der Waals surface area contributed by atoms with Gasteiger partial charge >= 0.3 is 17.9 Å². The molecule has 452 valence electrons. The predicted molar refractivity (Wildman–Crippen MR) is 339 cm³/mol. The molecule has 0 saturated carbocycles. The largest absolute Gasteiger partial charge is 0.462 e. The van der Waals surface area contributed by atoms with Gasteiger partial charge < -0.3 is 14.2 Å². The van der Waals surface area contributed by atoms with E-state index in [9.17, 15) is 14.4 Å². The van der Waals surface area contributed by atoms with E-state index in [1.54, 1.807) is 0 Å². The van der Waals surface area contributed by atoms with Crippen LogP contribution in [0.4, 0.5) is 0 Å². The molecule has 0 aliphatic rings. The third-order valence-electron chi connectivity index (χ3n) is 14.9. The summed E-state index contributed by atoms with van der Waals surface area (Å²) in [7, 11) is 0. The van der Waals surface area contributed by atoms with Crippen molar-refractivity contribution in [2.24, 2.45) is 0 Å². The summed E-state index contributed by atoms with van der Waals surface area (Å²) >= 11 is 0. The van der Waals surface area contributed by atoms with Crippen LogP contribution >= 0.6 is 0 Å². The predicted octanol–water partition coefficient (Wildman–Crippen LogP) is 23.3. The molecule has 6 nitrogen and oxygen atoms in total. The third kappa shape index (κ3) is 63.7. The van der Waals surface area contributed by atoms with E-state index in [0.29, 0.717) is 19.3 Å². The van der Waals surface area contributed by atoms with Gasteiger partial charge in [-0.25, -0.2) is 0 Å².